The lowest BCUT2D eigenvalue weighted by atomic mass is 9.86. The highest BCUT2D eigenvalue weighted by molar-refractivity contribution is 7.89. The summed E-state index contributed by atoms with van der Waals surface area (Å²) in [5.74, 6) is 1.13. The summed E-state index contributed by atoms with van der Waals surface area (Å²) in [6.45, 7) is 5.18. The molecule has 23 heavy (non-hydrogen) atoms. The molecule has 7 heteroatoms. The van der Waals surface area contributed by atoms with Crippen molar-refractivity contribution in [1.29, 1.82) is 0 Å². The van der Waals surface area contributed by atoms with Gasteiger partial charge < -0.3 is 10.2 Å². The van der Waals surface area contributed by atoms with Gasteiger partial charge in [0.2, 0.25) is 10.0 Å². The zero-order valence-electron chi connectivity index (χ0n) is 14.8. The second-order valence-corrected chi connectivity index (χ2v) is 9.29. The van der Waals surface area contributed by atoms with Gasteiger partial charge in [0.05, 0.1) is 5.75 Å². The van der Waals surface area contributed by atoms with Crippen molar-refractivity contribution in [3.05, 3.63) is 0 Å². The molecular weight excluding hydrogens is 312 g/mol. The highest BCUT2D eigenvalue weighted by Gasteiger charge is 2.40. The number of nitrogens with one attached hydrogen (secondary N) is 1. The first kappa shape index (κ1) is 18.5. The Kier molecular flexibility index (Phi) is 6.31. The van der Waals surface area contributed by atoms with Crippen molar-refractivity contribution >= 4 is 16.0 Å². The Hall–Kier alpha value is -0.820. The molecule has 0 aromatic heterocycles. The lowest BCUT2D eigenvalue weighted by Crippen LogP contribution is -2.42. The molecule has 0 amide bonds. The predicted octanol–water partition coefficient (Wildman–Crippen LogP) is 1.50. The van der Waals surface area contributed by atoms with Crippen LogP contribution in [0.15, 0.2) is 4.99 Å². The van der Waals surface area contributed by atoms with Crippen LogP contribution in [0, 0.1) is 5.41 Å². The normalized spacial score (nSPS) is 21.6. The summed E-state index contributed by atoms with van der Waals surface area (Å²) in [4.78, 5) is 6.78. The van der Waals surface area contributed by atoms with Crippen molar-refractivity contribution in [2.24, 2.45) is 10.4 Å². The van der Waals surface area contributed by atoms with E-state index in [-0.39, 0.29) is 5.75 Å². The Balaban J connectivity index is 1.74. The summed E-state index contributed by atoms with van der Waals surface area (Å²) in [5, 5.41) is 3.40. The molecule has 134 valence electrons. The molecule has 2 fully saturated rings. The smallest absolute Gasteiger partial charge is 0.213 e. The molecule has 0 radical (unpaired) electrons. The van der Waals surface area contributed by atoms with E-state index in [2.05, 4.69) is 15.2 Å². The van der Waals surface area contributed by atoms with Gasteiger partial charge in [-0.3, -0.25) is 4.99 Å². The molecule has 1 saturated carbocycles. The number of rotatable bonds is 6. The Morgan fingerprint density at radius 2 is 2.00 bits per heavy atom. The second kappa shape index (κ2) is 7.83. The number of hydrogen-bond acceptors (Lipinski definition) is 3. The van der Waals surface area contributed by atoms with Crippen molar-refractivity contribution < 1.29 is 8.42 Å². The Morgan fingerprint density at radius 1 is 1.30 bits per heavy atom. The monoisotopic (exact) mass is 344 g/mol. The molecular formula is C16H32N4O2S. The highest BCUT2D eigenvalue weighted by Crippen LogP contribution is 2.45. The van der Waals surface area contributed by atoms with E-state index in [0.29, 0.717) is 12.0 Å². The van der Waals surface area contributed by atoms with E-state index in [1.54, 1.807) is 14.0 Å². The van der Waals surface area contributed by atoms with Crippen LogP contribution in [0.5, 0.6) is 0 Å². The van der Waals surface area contributed by atoms with Gasteiger partial charge in [0.1, 0.15) is 0 Å². The first-order valence-electron chi connectivity index (χ1n) is 8.82. The minimum Gasteiger partial charge on any atom is -0.356 e. The molecule has 0 bridgehead atoms. The zero-order chi connectivity index (χ0) is 16.9. The number of likely N-dealkylation sites (tertiary alicyclic amines) is 1. The summed E-state index contributed by atoms with van der Waals surface area (Å²) < 4.78 is 24.9. The number of sulfonamides is 1. The van der Waals surface area contributed by atoms with Crippen molar-refractivity contribution in [3.63, 3.8) is 0 Å². The molecule has 6 nitrogen and oxygen atoms in total. The lowest BCUT2D eigenvalue weighted by Gasteiger charge is -2.26. The second-order valence-electron chi connectivity index (χ2n) is 6.93. The SMILES string of the molecule is CCS(=O)(=O)N(C)CCCNC(=NC)N1CCC2(CCCC2)C1. The molecule has 1 heterocycles. The summed E-state index contributed by atoms with van der Waals surface area (Å²) >= 11 is 0. The van der Waals surface area contributed by atoms with Crippen LogP contribution >= 0.6 is 0 Å². The number of hydrogen-bond donors (Lipinski definition) is 1. The maximum atomic E-state index is 11.7. The van der Waals surface area contributed by atoms with Gasteiger partial charge in [0.15, 0.2) is 5.96 Å². The summed E-state index contributed by atoms with van der Waals surface area (Å²) in [7, 11) is 0.409. The van der Waals surface area contributed by atoms with E-state index in [1.807, 2.05) is 7.05 Å². The molecule has 0 atom stereocenters. The van der Waals surface area contributed by atoms with Gasteiger partial charge in [-0.15, -0.1) is 0 Å². The van der Waals surface area contributed by atoms with Crippen molar-refractivity contribution in [3.8, 4) is 0 Å². The van der Waals surface area contributed by atoms with Crippen LogP contribution in [0.4, 0.5) is 0 Å². The molecule has 0 aromatic rings. The molecule has 2 aliphatic rings. The van der Waals surface area contributed by atoms with E-state index < -0.39 is 10.0 Å². The summed E-state index contributed by atoms with van der Waals surface area (Å²) in [6.07, 6.45) is 7.54. The summed E-state index contributed by atoms with van der Waals surface area (Å²) in [5.41, 5.74) is 0.535. The quantitative estimate of drug-likeness (QED) is 0.450. The van der Waals surface area contributed by atoms with Crippen LogP contribution < -0.4 is 5.32 Å². The molecule has 1 saturated heterocycles. The molecule has 2 rings (SSSR count). The van der Waals surface area contributed by atoms with Gasteiger partial charge in [0.25, 0.3) is 0 Å². The number of guanidine groups is 1. The van der Waals surface area contributed by atoms with Gasteiger partial charge in [0, 0.05) is 40.3 Å². The first-order chi connectivity index (χ1) is 10.9. The van der Waals surface area contributed by atoms with E-state index in [9.17, 15) is 8.42 Å². The van der Waals surface area contributed by atoms with Crippen LogP contribution in [0.25, 0.3) is 0 Å². The van der Waals surface area contributed by atoms with Crippen LogP contribution in [-0.2, 0) is 10.0 Å². The number of nitrogens with zero attached hydrogens (tertiary/aromatic N) is 3. The molecule has 0 unspecified atom stereocenters. The molecule has 0 aromatic carbocycles. The Morgan fingerprint density at radius 3 is 2.61 bits per heavy atom. The maximum Gasteiger partial charge on any atom is 0.213 e. The topological polar surface area (TPSA) is 65.0 Å². The average molecular weight is 345 g/mol. The fourth-order valence-electron chi connectivity index (χ4n) is 3.84. The minimum absolute atomic E-state index is 0.161. The fourth-order valence-corrected chi connectivity index (χ4v) is 4.69. The summed E-state index contributed by atoms with van der Waals surface area (Å²) in [6, 6.07) is 0. The molecule has 1 aliphatic carbocycles. The average Bonchev–Trinajstić information content (AvgIpc) is 3.17. The van der Waals surface area contributed by atoms with Crippen LogP contribution in [-0.4, -0.2) is 69.6 Å². The van der Waals surface area contributed by atoms with E-state index in [4.69, 9.17) is 0 Å². The van der Waals surface area contributed by atoms with Crippen LogP contribution in [0.3, 0.4) is 0 Å². The third-order valence-electron chi connectivity index (χ3n) is 5.39. The maximum absolute atomic E-state index is 11.7. The molecule has 1 N–H and O–H groups in total. The lowest BCUT2D eigenvalue weighted by molar-refractivity contribution is 0.309. The third-order valence-corrected chi connectivity index (χ3v) is 7.25. The number of aliphatic imine (C=N–C) groups is 1. The zero-order valence-corrected chi connectivity index (χ0v) is 15.7. The Bertz CT molecular complexity index is 512. The van der Waals surface area contributed by atoms with E-state index >= 15 is 0 Å². The molecule has 1 aliphatic heterocycles. The minimum atomic E-state index is -3.07. The standard InChI is InChI=1S/C16H32N4O2S/c1-4-23(21,22)19(3)12-7-11-18-15(17-2)20-13-10-16(14-20)8-5-6-9-16/h4-14H2,1-3H3,(H,17,18). The largest absolute Gasteiger partial charge is 0.356 e. The third kappa shape index (κ3) is 4.59. The Labute approximate surface area is 141 Å². The van der Waals surface area contributed by atoms with Gasteiger partial charge >= 0.3 is 0 Å². The molecule has 1 spiro atoms. The first-order valence-corrected chi connectivity index (χ1v) is 10.4. The predicted molar refractivity (Wildman–Crippen MR) is 95.2 cm³/mol. The van der Waals surface area contributed by atoms with Crippen molar-refractivity contribution in [1.82, 2.24) is 14.5 Å². The van der Waals surface area contributed by atoms with Gasteiger partial charge in [-0.25, -0.2) is 12.7 Å². The van der Waals surface area contributed by atoms with Crippen LogP contribution in [0.2, 0.25) is 0 Å². The van der Waals surface area contributed by atoms with E-state index in [0.717, 1.165) is 32.0 Å². The van der Waals surface area contributed by atoms with Gasteiger partial charge in [-0.1, -0.05) is 12.8 Å². The van der Waals surface area contributed by atoms with Gasteiger partial charge in [-0.05, 0) is 38.0 Å². The van der Waals surface area contributed by atoms with Crippen molar-refractivity contribution in [2.75, 3.05) is 46.0 Å². The fraction of sp³-hybridized carbons (Fsp3) is 0.938. The van der Waals surface area contributed by atoms with E-state index in [1.165, 1.54) is 36.4 Å². The van der Waals surface area contributed by atoms with Crippen molar-refractivity contribution in [2.45, 2.75) is 45.4 Å². The van der Waals surface area contributed by atoms with Crippen LogP contribution in [0.1, 0.15) is 45.4 Å². The van der Waals surface area contributed by atoms with Gasteiger partial charge in [-0.2, -0.15) is 0 Å². The highest BCUT2D eigenvalue weighted by atomic mass is 32.2.